The van der Waals surface area contributed by atoms with Crippen LogP contribution in [-0.2, 0) is 4.74 Å². The molecule has 2 unspecified atom stereocenters. The van der Waals surface area contributed by atoms with E-state index in [2.05, 4.69) is 6.92 Å². The molecule has 2 atom stereocenters. The molecule has 2 heteroatoms. The summed E-state index contributed by atoms with van der Waals surface area (Å²) in [7, 11) is 1.79. The number of hydrogen-bond donors (Lipinski definition) is 1. The zero-order valence-corrected chi connectivity index (χ0v) is 12.1. The van der Waals surface area contributed by atoms with E-state index in [0.29, 0.717) is 11.8 Å². The second-order valence-corrected chi connectivity index (χ2v) is 6.61. The maximum Gasteiger partial charge on any atom is 0.0860 e. The molecule has 0 aromatic rings. The van der Waals surface area contributed by atoms with Crippen molar-refractivity contribution in [3.8, 4) is 0 Å². The Morgan fingerprint density at radius 2 is 1.50 bits per heavy atom. The molecule has 0 aliphatic heterocycles. The van der Waals surface area contributed by atoms with Gasteiger partial charge >= 0.3 is 0 Å². The molecule has 0 bridgehead atoms. The predicted octanol–water partition coefficient (Wildman–Crippen LogP) is 3.77. The van der Waals surface area contributed by atoms with Crippen LogP contribution in [0.2, 0.25) is 0 Å². The van der Waals surface area contributed by atoms with Gasteiger partial charge < -0.3 is 9.84 Å². The van der Waals surface area contributed by atoms with Crippen molar-refractivity contribution < 1.29 is 9.84 Å². The lowest BCUT2D eigenvalue weighted by molar-refractivity contribution is -0.0852. The number of aliphatic hydroxyl groups is 1. The van der Waals surface area contributed by atoms with E-state index in [1.165, 1.54) is 57.8 Å². The summed E-state index contributed by atoms with van der Waals surface area (Å²) in [6.07, 6.45) is 11.3. The van der Waals surface area contributed by atoms with Crippen molar-refractivity contribution in [3.63, 3.8) is 0 Å². The lowest BCUT2D eigenvalue weighted by Crippen LogP contribution is -2.42. The fourth-order valence-corrected chi connectivity index (χ4v) is 3.97. The van der Waals surface area contributed by atoms with Crippen LogP contribution >= 0.6 is 0 Å². The SMILES string of the molecule is COC(C1CCCCC1)C(O)C1CCC(C)CC1. The van der Waals surface area contributed by atoms with Crippen molar-refractivity contribution in [3.05, 3.63) is 0 Å². The van der Waals surface area contributed by atoms with Crippen LogP contribution in [0.1, 0.15) is 64.7 Å². The highest BCUT2D eigenvalue weighted by molar-refractivity contribution is 4.86. The molecular formula is C16H30O2. The van der Waals surface area contributed by atoms with E-state index in [4.69, 9.17) is 4.74 Å². The number of ether oxygens (including phenoxy) is 1. The molecule has 0 saturated heterocycles. The molecule has 106 valence electrons. The monoisotopic (exact) mass is 254 g/mol. The molecule has 2 nitrogen and oxygen atoms in total. The van der Waals surface area contributed by atoms with Gasteiger partial charge in [-0.05, 0) is 43.4 Å². The highest BCUT2D eigenvalue weighted by Crippen LogP contribution is 2.36. The first-order valence-electron chi connectivity index (χ1n) is 7.93. The van der Waals surface area contributed by atoms with E-state index in [-0.39, 0.29) is 12.2 Å². The normalized spacial score (nSPS) is 34.2. The van der Waals surface area contributed by atoms with Crippen molar-refractivity contribution >= 4 is 0 Å². The predicted molar refractivity (Wildman–Crippen MR) is 74.5 cm³/mol. The highest BCUT2D eigenvalue weighted by atomic mass is 16.5. The van der Waals surface area contributed by atoms with Crippen LogP contribution in [0.4, 0.5) is 0 Å². The van der Waals surface area contributed by atoms with Crippen LogP contribution in [0.5, 0.6) is 0 Å². The summed E-state index contributed by atoms with van der Waals surface area (Å²) in [6.45, 7) is 2.33. The molecule has 0 aromatic heterocycles. The van der Waals surface area contributed by atoms with Crippen molar-refractivity contribution in [2.45, 2.75) is 76.9 Å². The third kappa shape index (κ3) is 3.48. The Bertz CT molecular complexity index is 227. The minimum absolute atomic E-state index is 0.0868. The van der Waals surface area contributed by atoms with Gasteiger partial charge in [0.25, 0.3) is 0 Å². The molecule has 2 aliphatic rings. The molecule has 0 radical (unpaired) electrons. The molecule has 0 aromatic carbocycles. The maximum atomic E-state index is 10.6. The van der Waals surface area contributed by atoms with Crippen LogP contribution in [-0.4, -0.2) is 24.4 Å². The van der Waals surface area contributed by atoms with E-state index in [0.717, 1.165) is 5.92 Å². The number of methoxy groups -OCH3 is 1. The zero-order chi connectivity index (χ0) is 13.0. The summed E-state index contributed by atoms with van der Waals surface area (Å²) in [4.78, 5) is 0. The summed E-state index contributed by atoms with van der Waals surface area (Å²) in [5, 5.41) is 10.6. The van der Waals surface area contributed by atoms with Crippen LogP contribution in [0.25, 0.3) is 0 Å². The number of hydrogen-bond acceptors (Lipinski definition) is 2. The van der Waals surface area contributed by atoms with Crippen molar-refractivity contribution in [2.24, 2.45) is 17.8 Å². The molecule has 0 heterocycles. The smallest absolute Gasteiger partial charge is 0.0860 e. The van der Waals surface area contributed by atoms with Gasteiger partial charge in [-0.25, -0.2) is 0 Å². The van der Waals surface area contributed by atoms with E-state index in [1.807, 2.05) is 0 Å². The summed E-state index contributed by atoms with van der Waals surface area (Å²) >= 11 is 0. The third-order valence-corrected chi connectivity index (χ3v) is 5.27. The Morgan fingerprint density at radius 1 is 0.889 bits per heavy atom. The number of aliphatic hydroxyl groups excluding tert-OH is 1. The summed E-state index contributed by atoms with van der Waals surface area (Å²) < 4.78 is 5.68. The topological polar surface area (TPSA) is 29.5 Å². The fraction of sp³-hybridized carbons (Fsp3) is 1.00. The first-order chi connectivity index (χ1) is 8.72. The Labute approximate surface area is 112 Å². The van der Waals surface area contributed by atoms with E-state index < -0.39 is 0 Å². The van der Waals surface area contributed by atoms with Gasteiger partial charge in [-0.3, -0.25) is 0 Å². The van der Waals surface area contributed by atoms with Crippen molar-refractivity contribution in [1.29, 1.82) is 0 Å². The Morgan fingerprint density at radius 3 is 2.06 bits per heavy atom. The minimum atomic E-state index is -0.231. The second-order valence-electron chi connectivity index (χ2n) is 6.61. The molecule has 0 amide bonds. The largest absolute Gasteiger partial charge is 0.390 e. The van der Waals surface area contributed by atoms with Gasteiger partial charge in [0.05, 0.1) is 12.2 Å². The fourth-order valence-electron chi connectivity index (χ4n) is 3.97. The average Bonchev–Trinajstić information content (AvgIpc) is 2.41. The van der Waals surface area contributed by atoms with Gasteiger partial charge in [-0.2, -0.15) is 0 Å². The van der Waals surface area contributed by atoms with E-state index in [9.17, 15) is 5.11 Å². The van der Waals surface area contributed by atoms with E-state index >= 15 is 0 Å². The molecule has 2 fully saturated rings. The molecule has 2 aliphatic carbocycles. The highest BCUT2D eigenvalue weighted by Gasteiger charge is 2.35. The molecular weight excluding hydrogens is 224 g/mol. The van der Waals surface area contributed by atoms with Gasteiger partial charge in [0, 0.05) is 7.11 Å². The second kappa shape index (κ2) is 6.91. The summed E-state index contributed by atoms with van der Waals surface area (Å²) in [5.41, 5.74) is 0. The molecule has 18 heavy (non-hydrogen) atoms. The van der Waals surface area contributed by atoms with Gasteiger partial charge in [-0.15, -0.1) is 0 Å². The third-order valence-electron chi connectivity index (χ3n) is 5.27. The molecule has 2 saturated carbocycles. The quantitative estimate of drug-likeness (QED) is 0.827. The zero-order valence-electron chi connectivity index (χ0n) is 12.1. The Balaban J connectivity index is 1.89. The minimum Gasteiger partial charge on any atom is -0.390 e. The first kappa shape index (κ1) is 14.3. The average molecular weight is 254 g/mol. The maximum absolute atomic E-state index is 10.6. The van der Waals surface area contributed by atoms with Crippen LogP contribution < -0.4 is 0 Å². The first-order valence-corrected chi connectivity index (χ1v) is 7.93. The van der Waals surface area contributed by atoms with Gasteiger partial charge in [0.1, 0.15) is 0 Å². The number of rotatable bonds is 4. The lowest BCUT2D eigenvalue weighted by Gasteiger charge is -2.38. The van der Waals surface area contributed by atoms with Gasteiger partial charge in [-0.1, -0.05) is 39.0 Å². The van der Waals surface area contributed by atoms with Gasteiger partial charge in [0.2, 0.25) is 0 Å². The van der Waals surface area contributed by atoms with Gasteiger partial charge in [0.15, 0.2) is 0 Å². The summed E-state index contributed by atoms with van der Waals surface area (Å²) in [6, 6.07) is 0. The Kier molecular flexibility index (Phi) is 5.50. The molecule has 2 rings (SSSR count). The molecule has 1 N–H and O–H groups in total. The van der Waals surface area contributed by atoms with E-state index in [1.54, 1.807) is 7.11 Å². The van der Waals surface area contributed by atoms with Crippen molar-refractivity contribution in [1.82, 2.24) is 0 Å². The van der Waals surface area contributed by atoms with Crippen LogP contribution in [0.3, 0.4) is 0 Å². The van der Waals surface area contributed by atoms with Crippen molar-refractivity contribution in [2.75, 3.05) is 7.11 Å². The van der Waals surface area contributed by atoms with Crippen LogP contribution in [0.15, 0.2) is 0 Å². The Hall–Kier alpha value is -0.0800. The standard InChI is InChI=1S/C16H30O2/c1-12-8-10-13(11-9-12)15(17)16(18-2)14-6-4-3-5-7-14/h12-17H,3-11H2,1-2H3. The molecule has 0 spiro atoms. The lowest BCUT2D eigenvalue weighted by atomic mass is 9.74. The summed E-state index contributed by atoms with van der Waals surface area (Å²) in [5.74, 6) is 1.93. The van der Waals surface area contributed by atoms with Crippen LogP contribution in [0, 0.1) is 17.8 Å².